The summed E-state index contributed by atoms with van der Waals surface area (Å²) in [7, 11) is 0. The van der Waals surface area contributed by atoms with Gasteiger partial charge < -0.3 is 9.88 Å². The predicted octanol–water partition coefficient (Wildman–Crippen LogP) is 1.77. The van der Waals surface area contributed by atoms with Crippen molar-refractivity contribution in [2.75, 3.05) is 5.32 Å². The highest BCUT2D eigenvalue weighted by Crippen LogP contribution is 2.12. The quantitative estimate of drug-likeness (QED) is 0.918. The first-order valence-corrected chi connectivity index (χ1v) is 5.46. The highest BCUT2D eigenvalue weighted by atomic mass is 19.1. The van der Waals surface area contributed by atoms with E-state index < -0.39 is 17.5 Å². The number of amides is 1. The number of carbonyl (C=O) groups is 1. The Morgan fingerprint density at radius 3 is 2.47 bits per heavy atom. The molecule has 0 atom stereocenters. The molecule has 0 radical (unpaired) electrons. The van der Waals surface area contributed by atoms with Gasteiger partial charge in [0.2, 0.25) is 5.91 Å². The lowest BCUT2D eigenvalue weighted by Crippen LogP contribution is -2.26. The third-order valence-electron chi connectivity index (χ3n) is 2.36. The highest BCUT2D eigenvalue weighted by molar-refractivity contribution is 5.90. The van der Waals surface area contributed by atoms with Crippen LogP contribution in [-0.2, 0) is 11.3 Å². The number of halogens is 2. The summed E-state index contributed by atoms with van der Waals surface area (Å²) in [6, 6.07) is 7.17. The van der Waals surface area contributed by atoms with Crippen LogP contribution in [0.25, 0.3) is 0 Å². The van der Waals surface area contributed by atoms with Gasteiger partial charge in [0.05, 0.1) is 0 Å². The number of nitrogens with zero attached hydrogens (tertiary/aromatic N) is 1. The summed E-state index contributed by atoms with van der Waals surface area (Å²) in [5, 5.41) is 2.32. The number of nitrogens with one attached hydrogen (secondary N) is 1. The molecule has 1 N–H and O–H groups in total. The maximum absolute atomic E-state index is 12.9. The fraction of sp³-hybridized carbons (Fsp3) is 0.0769. The summed E-state index contributed by atoms with van der Waals surface area (Å²) in [5.74, 6) is -2.11. The SMILES string of the molecule is O=C(Cn1ccccc1=O)Nc1cc(F)cc(F)c1. The molecule has 2 rings (SSSR count). The van der Waals surface area contributed by atoms with Crippen molar-refractivity contribution in [3.63, 3.8) is 0 Å². The average molecular weight is 264 g/mol. The first-order chi connectivity index (χ1) is 9.04. The topological polar surface area (TPSA) is 51.1 Å². The zero-order valence-electron chi connectivity index (χ0n) is 9.77. The second-order valence-electron chi connectivity index (χ2n) is 3.87. The number of benzene rings is 1. The van der Waals surface area contributed by atoms with Gasteiger partial charge >= 0.3 is 0 Å². The van der Waals surface area contributed by atoms with Gasteiger partial charge in [0, 0.05) is 24.0 Å². The van der Waals surface area contributed by atoms with E-state index >= 15 is 0 Å². The van der Waals surface area contributed by atoms with E-state index in [1.807, 2.05) is 0 Å². The maximum atomic E-state index is 12.9. The van der Waals surface area contributed by atoms with Crippen molar-refractivity contribution in [3.8, 4) is 0 Å². The number of carbonyl (C=O) groups excluding carboxylic acids is 1. The summed E-state index contributed by atoms with van der Waals surface area (Å²) in [5.41, 5.74) is -0.324. The Balaban J connectivity index is 2.10. The second-order valence-corrected chi connectivity index (χ2v) is 3.87. The molecule has 0 saturated heterocycles. The summed E-state index contributed by atoms with van der Waals surface area (Å²) in [6.07, 6.45) is 1.45. The Bertz CT molecular complexity index is 647. The lowest BCUT2D eigenvalue weighted by atomic mass is 10.3. The van der Waals surface area contributed by atoms with Crippen LogP contribution in [-0.4, -0.2) is 10.5 Å². The van der Waals surface area contributed by atoms with Gasteiger partial charge in [-0.05, 0) is 18.2 Å². The molecular formula is C13H10F2N2O2. The average Bonchev–Trinajstić information content (AvgIpc) is 2.30. The van der Waals surface area contributed by atoms with Gasteiger partial charge in [-0.3, -0.25) is 9.59 Å². The molecule has 0 aliphatic carbocycles. The monoisotopic (exact) mass is 264 g/mol. The Morgan fingerprint density at radius 1 is 1.16 bits per heavy atom. The van der Waals surface area contributed by atoms with E-state index in [1.165, 1.54) is 16.8 Å². The molecule has 98 valence electrons. The smallest absolute Gasteiger partial charge is 0.250 e. The van der Waals surface area contributed by atoms with Crippen molar-refractivity contribution in [1.82, 2.24) is 4.57 Å². The van der Waals surface area contributed by atoms with Gasteiger partial charge in [-0.2, -0.15) is 0 Å². The molecular weight excluding hydrogens is 254 g/mol. The summed E-state index contributed by atoms with van der Waals surface area (Å²) < 4.78 is 27.0. The lowest BCUT2D eigenvalue weighted by Gasteiger charge is -2.07. The lowest BCUT2D eigenvalue weighted by molar-refractivity contribution is -0.116. The third-order valence-corrected chi connectivity index (χ3v) is 2.36. The van der Waals surface area contributed by atoms with Gasteiger partial charge in [0.15, 0.2) is 0 Å². The number of aromatic nitrogens is 1. The summed E-state index contributed by atoms with van der Waals surface area (Å²) in [6.45, 7) is -0.224. The van der Waals surface area contributed by atoms with E-state index in [0.717, 1.165) is 12.1 Å². The van der Waals surface area contributed by atoms with Crippen LogP contribution in [0.1, 0.15) is 0 Å². The Kier molecular flexibility index (Phi) is 3.70. The van der Waals surface area contributed by atoms with Crippen molar-refractivity contribution in [1.29, 1.82) is 0 Å². The highest BCUT2D eigenvalue weighted by Gasteiger charge is 2.06. The van der Waals surface area contributed by atoms with Crippen LogP contribution in [0, 0.1) is 11.6 Å². The van der Waals surface area contributed by atoms with E-state index in [4.69, 9.17) is 0 Å². The molecule has 1 aromatic carbocycles. The summed E-state index contributed by atoms with van der Waals surface area (Å²) >= 11 is 0. The molecule has 6 heteroatoms. The van der Waals surface area contributed by atoms with Gasteiger partial charge in [0.25, 0.3) is 5.56 Å². The van der Waals surface area contributed by atoms with Crippen LogP contribution in [0.15, 0.2) is 47.4 Å². The van der Waals surface area contributed by atoms with Gasteiger partial charge in [-0.25, -0.2) is 8.78 Å². The van der Waals surface area contributed by atoms with Crippen LogP contribution in [0.2, 0.25) is 0 Å². The standard InChI is InChI=1S/C13H10F2N2O2/c14-9-5-10(15)7-11(6-9)16-12(18)8-17-4-2-1-3-13(17)19/h1-7H,8H2,(H,16,18). The van der Waals surface area contributed by atoms with E-state index in [0.29, 0.717) is 6.07 Å². The molecule has 1 heterocycles. The second kappa shape index (κ2) is 5.43. The molecule has 19 heavy (non-hydrogen) atoms. The molecule has 0 aliphatic heterocycles. The van der Waals surface area contributed by atoms with Crippen molar-refractivity contribution < 1.29 is 13.6 Å². The van der Waals surface area contributed by atoms with Crippen LogP contribution < -0.4 is 10.9 Å². The molecule has 0 saturated carbocycles. The largest absolute Gasteiger partial charge is 0.324 e. The minimum atomic E-state index is -0.785. The van der Waals surface area contributed by atoms with E-state index in [9.17, 15) is 18.4 Å². The Labute approximate surface area is 107 Å². The fourth-order valence-electron chi connectivity index (χ4n) is 1.57. The first kappa shape index (κ1) is 12.9. The molecule has 1 aromatic heterocycles. The van der Waals surface area contributed by atoms with Crippen molar-refractivity contribution in [2.24, 2.45) is 0 Å². The number of anilines is 1. The Hall–Kier alpha value is -2.50. The molecule has 2 aromatic rings. The Morgan fingerprint density at radius 2 is 1.84 bits per heavy atom. The maximum Gasteiger partial charge on any atom is 0.250 e. The fourth-order valence-corrected chi connectivity index (χ4v) is 1.57. The van der Waals surface area contributed by atoms with Crippen molar-refractivity contribution >= 4 is 11.6 Å². The van der Waals surface area contributed by atoms with Crippen LogP contribution >= 0.6 is 0 Å². The normalized spacial score (nSPS) is 10.2. The molecule has 4 nitrogen and oxygen atoms in total. The zero-order chi connectivity index (χ0) is 13.8. The molecule has 0 aliphatic rings. The minimum absolute atomic E-state index is 0.00600. The van der Waals surface area contributed by atoms with Crippen molar-refractivity contribution in [2.45, 2.75) is 6.54 Å². The van der Waals surface area contributed by atoms with Crippen LogP contribution in [0.3, 0.4) is 0 Å². The predicted molar refractivity (Wildman–Crippen MR) is 65.7 cm³/mol. The molecule has 0 fully saturated rings. The van der Waals surface area contributed by atoms with E-state index in [2.05, 4.69) is 5.32 Å². The number of hydrogen-bond donors (Lipinski definition) is 1. The molecule has 1 amide bonds. The third kappa shape index (κ3) is 3.48. The van der Waals surface area contributed by atoms with Gasteiger partial charge in [0.1, 0.15) is 18.2 Å². The van der Waals surface area contributed by atoms with Crippen LogP contribution in [0.5, 0.6) is 0 Å². The number of hydrogen-bond acceptors (Lipinski definition) is 2. The van der Waals surface area contributed by atoms with Crippen molar-refractivity contribution in [3.05, 3.63) is 64.6 Å². The summed E-state index contributed by atoms with van der Waals surface area (Å²) in [4.78, 5) is 23.0. The first-order valence-electron chi connectivity index (χ1n) is 5.46. The molecule has 0 unspecified atom stereocenters. The van der Waals surface area contributed by atoms with Gasteiger partial charge in [-0.1, -0.05) is 6.07 Å². The number of rotatable bonds is 3. The van der Waals surface area contributed by atoms with E-state index in [-0.39, 0.29) is 17.8 Å². The van der Waals surface area contributed by atoms with Gasteiger partial charge in [-0.15, -0.1) is 0 Å². The van der Waals surface area contributed by atoms with Crippen LogP contribution in [0.4, 0.5) is 14.5 Å². The zero-order valence-corrected chi connectivity index (χ0v) is 9.77. The molecule has 0 spiro atoms. The number of pyridine rings is 1. The minimum Gasteiger partial charge on any atom is -0.324 e. The molecule has 0 bridgehead atoms. The van der Waals surface area contributed by atoms with E-state index in [1.54, 1.807) is 12.1 Å².